The highest BCUT2D eigenvalue weighted by Gasteiger charge is 2.15. The Labute approximate surface area is 186 Å². The largest absolute Gasteiger partial charge is 0.484 e. The summed E-state index contributed by atoms with van der Waals surface area (Å²) in [7, 11) is 0.582. The van der Waals surface area contributed by atoms with Crippen LogP contribution in [-0.2, 0) is 30.8 Å². The molecule has 0 bridgehead atoms. The molecule has 10 nitrogen and oxygen atoms in total. The van der Waals surface area contributed by atoms with Crippen molar-refractivity contribution in [2.75, 3.05) is 39.4 Å². The van der Waals surface area contributed by atoms with Crippen molar-refractivity contribution in [3.8, 4) is 5.75 Å². The van der Waals surface area contributed by atoms with Crippen LogP contribution in [0.4, 0.5) is 5.69 Å². The van der Waals surface area contributed by atoms with E-state index in [-0.39, 0.29) is 30.0 Å². The van der Waals surface area contributed by atoms with Gasteiger partial charge in [-0.3, -0.25) is 4.79 Å². The fraction of sp³-hybridized carbons (Fsp3) is 0.286. The number of amides is 1. The van der Waals surface area contributed by atoms with E-state index >= 15 is 0 Å². The highest BCUT2D eigenvalue weighted by molar-refractivity contribution is 7.88. The van der Waals surface area contributed by atoms with Crippen molar-refractivity contribution in [3.63, 3.8) is 0 Å². The van der Waals surface area contributed by atoms with Gasteiger partial charge in [-0.25, -0.2) is 22.3 Å². The van der Waals surface area contributed by atoms with Gasteiger partial charge < -0.3 is 19.5 Å². The minimum Gasteiger partial charge on any atom is -0.484 e. The second kappa shape index (κ2) is 10.7. The molecule has 2 aromatic carbocycles. The number of hydrogen-bond acceptors (Lipinski definition) is 8. The SMILES string of the molecule is COC(=O)c1cc(NC(=O)COc2ccc(CN(C)S(C)(=O)=O)cc2)cc(C(=O)OC)c1. The van der Waals surface area contributed by atoms with Crippen molar-refractivity contribution >= 4 is 33.6 Å². The van der Waals surface area contributed by atoms with Gasteiger partial charge in [-0.15, -0.1) is 0 Å². The van der Waals surface area contributed by atoms with Crippen molar-refractivity contribution in [1.29, 1.82) is 0 Å². The third kappa shape index (κ3) is 7.06. The summed E-state index contributed by atoms with van der Waals surface area (Å²) in [5, 5.41) is 2.55. The number of esters is 2. The van der Waals surface area contributed by atoms with Gasteiger partial charge in [0.1, 0.15) is 5.75 Å². The minimum absolute atomic E-state index is 0.0706. The van der Waals surface area contributed by atoms with Crippen LogP contribution in [0, 0.1) is 0 Å². The normalized spacial score (nSPS) is 11.0. The molecule has 0 aromatic heterocycles. The predicted octanol–water partition coefficient (Wildman–Crippen LogP) is 1.67. The molecule has 0 atom stereocenters. The van der Waals surface area contributed by atoms with Gasteiger partial charge in [0.2, 0.25) is 10.0 Å². The van der Waals surface area contributed by atoms with E-state index in [9.17, 15) is 22.8 Å². The van der Waals surface area contributed by atoms with Crippen LogP contribution in [0.5, 0.6) is 5.75 Å². The Morgan fingerprint density at radius 3 is 1.94 bits per heavy atom. The van der Waals surface area contributed by atoms with Crippen LogP contribution >= 0.6 is 0 Å². The number of sulfonamides is 1. The van der Waals surface area contributed by atoms with Gasteiger partial charge in [-0.05, 0) is 35.9 Å². The van der Waals surface area contributed by atoms with Gasteiger partial charge >= 0.3 is 11.9 Å². The summed E-state index contributed by atoms with van der Waals surface area (Å²) >= 11 is 0. The Bertz CT molecular complexity index is 1060. The van der Waals surface area contributed by atoms with Gasteiger partial charge in [0, 0.05) is 19.3 Å². The first-order chi connectivity index (χ1) is 15.0. The number of hydrogen-bond donors (Lipinski definition) is 1. The van der Waals surface area contributed by atoms with E-state index in [1.165, 1.54) is 43.8 Å². The third-order valence-electron chi connectivity index (χ3n) is 4.32. The summed E-state index contributed by atoms with van der Waals surface area (Å²) in [5.41, 5.74) is 1.09. The van der Waals surface area contributed by atoms with Gasteiger partial charge in [-0.1, -0.05) is 12.1 Å². The lowest BCUT2D eigenvalue weighted by Gasteiger charge is -2.14. The van der Waals surface area contributed by atoms with Crippen molar-refractivity contribution < 1.29 is 37.0 Å². The van der Waals surface area contributed by atoms with Crippen LogP contribution < -0.4 is 10.1 Å². The van der Waals surface area contributed by atoms with E-state index in [0.29, 0.717) is 5.75 Å². The molecular formula is C21H24N2O8S. The molecule has 1 amide bonds. The molecule has 0 radical (unpaired) electrons. The molecule has 0 aliphatic heterocycles. The molecule has 0 aliphatic rings. The van der Waals surface area contributed by atoms with Gasteiger partial charge in [0.25, 0.3) is 5.91 Å². The number of nitrogens with one attached hydrogen (secondary N) is 1. The molecule has 0 spiro atoms. The number of carbonyl (C=O) groups excluding carboxylic acids is 3. The number of ether oxygens (including phenoxy) is 3. The Morgan fingerprint density at radius 1 is 0.938 bits per heavy atom. The number of benzene rings is 2. The second-order valence-electron chi connectivity index (χ2n) is 6.78. The highest BCUT2D eigenvalue weighted by Crippen LogP contribution is 2.18. The molecular weight excluding hydrogens is 440 g/mol. The molecule has 2 rings (SSSR count). The standard InChI is InChI=1S/C21H24N2O8S/c1-23(32(4,27)28)12-14-5-7-18(8-6-14)31-13-19(24)22-17-10-15(20(25)29-2)9-16(11-17)21(26)30-3/h5-11H,12-13H2,1-4H3,(H,22,24). The molecule has 0 unspecified atom stereocenters. The molecule has 11 heteroatoms. The Kier molecular flexibility index (Phi) is 8.33. The molecule has 172 valence electrons. The Hall–Kier alpha value is -3.44. The molecule has 1 N–H and O–H groups in total. The first kappa shape index (κ1) is 24.8. The average molecular weight is 464 g/mol. The lowest BCUT2D eigenvalue weighted by Crippen LogP contribution is -2.24. The van der Waals surface area contributed by atoms with Crippen molar-refractivity contribution in [1.82, 2.24) is 4.31 Å². The van der Waals surface area contributed by atoms with Crippen LogP contribution in [-0.4, -0.2) is 64.7 Å². The summed E-state index contributed by atoms with van der Waals surface area (Å²) in [6, 6.07) is 10.6. The molecule has 2 aromatic rings. The minimum atomic E-state index is -3.29. The second-order valence-corrected chi connectivity index (χ2v) is 8.87. The van der Waals surface area contributed by atoms with E-state index in [0.717, 1.165) is 11.8 Å². The number of rotatable bonds is 9. The van der Waals surface area contributed by atoms with Crippen LogP contribution in [0.15, 0.2) is 42.5 Å². The van der Waals surface area contributed by atoms with E-state index in [1.54, 1.807) is 24.3 Å². The zero-order chi connectivity index (χ0) is 23.9. The summed E-state index contributed by atoms with van der Waals surface area (Å²) in [6.07, 6.45) is 1.12. The Balaban J connectivity index is 2.02. The Morgan fingerprint density at radius 2 is 1.47 bits per heavy atom. The zero-order valence-electron chi connectivity index (χ0n) is 18.1. The molecule has 0 saturated heterocycles. The maximum atomic E-state index is 12.3. The van der Waals surface area contributed by atoms with E-state index in [2.05, 4.69) is 14.8 Å². The quantitative estimate of drug-likeness (QED) is 0.555. The number of carbonyl (C=O) groups is 3. The summed E-state index contributed by atoms with van der Waals surface area (Å²) in [5.74, 6) is -1.47. The van der Waals surface area contributed by atoms with Gasteiger partial charge in [0.05, 0.1) is 31.6 Å². The molecule has 0 aliphatic carbocycles. The highest BCUT2D eigenvalue weighted by atomic mass is 32.2. The summed E-state index contributed by atoms with van der Waals surface area (Å²) in [6.45, 7) is -0.128. The van der Waals surface area contributed by atoms with Crippen molar-refractivity contribution in [2.24, 2.45) is 0 Å². The van der Waals surface area contributed by atoms with Gasteiger partial charge in [0.15, 0.2) is 6.61 Å². The van der Waals surface area contributed by atoms with E-state index in [1.807, 2.05) is 0 Å². The molecule has 0 heterocycles. The maximum Gasteiger partial charge on any atom is 0.337 e. The predicted molar refractivity (Wildman–Crippen MR) is 116 cm³/mol. The fourth-order valence-electron chi connectivity index (χ4n) is 2.58. The zero-order valence-corrected chi connectivity index (χ0v) is 18.9. The summed E-state index contributed by atoms with van der Waals surface area (Å²) < 4.78 is 38.9. The number of nitrogens with zero attached hydrogens (tertiary/aromatic N) is 1. The van der Waals surface area contributed by atoms with E-state index < -0.39 is 27.9 Å². The van der Waals surface area contributed by atoms with Crippen LogP contribution in [0.25, 0.3) is 0 Å². The topological polar surface area (TPSA) is 128 Å². The average Bonchev–Trinajstić information content (AvgIpc) is 2.76. The molecule has 0 saturated carbocycles. The molecule has 32 heavy (non-hydrogen) atoms. The first-order valence-electron chi connectivity index (χ1n) is 9.28. The third-order valence-corrected chi connectivity index (χ3v) is 5.59. The lowest BCUT2D eigenvalue weighted by atomic mass is 10.1. The van der Waals surface area contributed by atoms with Crippen molar-refractivity contribution in [3.05, 3.63) is 59.2 Å². The van der Waals surface area contributed by atoms with Crippen LogP contribution in [0.3, 0.4) is 0 Å². The number of anilines is 1. The smallest absolute Gasteiger partial charge is 0.337 e. The van der Waals surface area contributed by atoms with Crippen LogP contribution in [0.2, 0.25) is 0 Å². The first-order valence-corrected chi connectivity index (χ1v) is 11.1. The number of methoxy groups -OCH3 is 2. The van der Waals surface area contributed by atoms with Crippen LogP contribution in [0.1, 0.15) is 26.3 Å². The lowest BCUT2D eigenvalue weighted by molar-refractivity contribution is -0.118. The van der Waals surface area contributed by atoms with Crippen molar-refractivity contribution in [2.45, 2.75) is 6.54 Å². The summed E-state index contributed by atoms with van der Waals surface area (Å²) in [4.78, 5) is 35.9. The van der Waals surface area contributed by atoms with Gasteiger partial charge in [-0.2, -0.15) is 0 Å². The maximum absolute atomic E-state index is 12.3. The monoisotopic (exact) mass is 464 g/mol. The molecule has 0 fully saturated rings. The fourth-order valence-corrected chi connectivity index (χ4v) is 2.97. The van der Waals surface area contributed by atoms with E-state index in [4.69, 9.17) is 4.74 Å².